The largest absolute Gasteiger partial charge is 0.497 e. The summed E-state index contributed by atoms with van der Waals surface area (Å²) < 4.78 is 16.1. The van der Waals surface area contributed by atoms with Crippen LogP contribution in [0.5, 0.6) is 5.75 Å². The van der Waals surface area contributed by atoms with Crippen molar-refractivity contribution in [1.82, 2.24) is 0 Å². The summed E-state index contributed by atoms with van der Waals surface area (Å²) in [6, 6.07) is 7.65. The molecule has 98 valence electrons. The third-order valence-electron chi connectivity index (χ3n) is 2.97. The van der Waals surface area contributed by atoms with E-state index in [1.807, 2.05) is 31.2 Å². The van der Waals surface area contributed by atoms with E-state index in [-0.39, 0.29) is 12.2 Å². The zero-order chi connectivity index (χ0) is 13.0. The first-order valence-corrected chi connectivity index (χ1v) is 5.95. The second kappa shape index (κ2) is 5.89. The summed E-state index contributed by atoms with van der Waals surface area (Å²) in [6.45, 7) is 2.32. The van der Waals surface area contributed by atoms with E-state index in [0.29, 0.717) is 6.61 Å². The zero-order valence-corrected chi connectivity index (χ0v) is 10.6. The fourth-order valence-corrected chi connectivity index (χ4v) is 1.86. The molecule has 18 heavy (non-hydrogen) atoms. The van der Waals surface area contributed by atoms with E-state index in [9.17, 15) is 5.11 Å². The molecule has 3 unspecified atom stereocenters. The van der Waals surface area contributed by atoms with Crippen molar-refractivity contribution in [3.63, 3.8) is 0 Å². The van der Waals surface area contributed by atoms with E-state index < -0.39 is 6.10 Å². The van der Waals surface area contributed by atoms with E-state index >= 15 is 0 Å². The Kier molecular flexibility index (Phi) is 4.23. The Morgan fingerprint density at radius 1 is 1.28 bits per heavy atom. The monoisotopic (exact) mass is 250 g/mol. The zero-order valence-electron chi connectivity index (χ0n) is 10.6. The number of hydrogen-bond acceptors (Lipinski definition) is 4. The number of rotatable bonds is 4. The van der Waals surface area contributed by atoms with Crippen molar-refractivity contribution in [2.75, 3.05) is 7.11 Å². The minimum Gasteiger partial charge on any atom is -0.497 e. The fraction of sp³-hybridized carbons (Fsp3) is 0.429. The molecular formula is C14H18O4. The van der Waals surface area contributed by atoms with Crippen LogP contribution in [0.25, 0.3) is 0 Å². The lowest BCUT2D eigenvalue weighted by atomic mass is 10.1. The van der Waals surface area contributed by atoms with Crippen molar-refractivity contribution in [2.45, 2.75) is 31.8 Å². The van der Waals surface area contributed by atoms with Crippen LogP contribution in [-0.2, 0) is 16.1 Å². The molecule has 1 aromatic carbocycles. The molecule has 0 aliphatic carbocycles. The van der Waals surface area contributed by atoms with Gasteiger partial charge >= 0.3 is 0 Å². The van der Waals surface area contributed by atoms with Crippen LogP contribution in [0.4, 0.5) is 0 Å². The molecule has 4 nitrogen and oxygen atoms in total. The molecule has 0 bridgehead atoms. The molecule has 0 fully saturated rings. The lowest BCUT2D eigenvalue weighted by Crippen LogP contribution is -2.40. The van der Waals surface area contributed by atoms with Crippen LogP contribution >= 0.6 is 0 Å². The van der Waals surface area contributed by atoms with Gasteiger partial charge in [-0.2, -0.15) is 0 Å². The van der Waals surface area contributed by atoms with Gasteiger partial charge < -0.3 is 19.3 Å². The highest BCUT2D eigenvalue weighted by Gasteiger charge is 2.28. The lowest BCUT2D eigenvalue weighted by Gasteiger charge is -2.29. The summed E-state index contributed by atoms with van der Waals surface area (Å²) in [5.74, 6) is 0.816. The lowest BCUT2D eigenvalue weighted by molar-refractivity contribution is -0.102. The summed E-state index contributed by atoms with van der Waals surface area (Å²) >= 11 is 0. The predicted octanol–water partition coefficient (Wildman–Crippen LogP) is 1.87. The highest BCUT2D eigenvalue weighted by molar-refractivity contribution is 5.26. The topological polar surface area (TPSA) is 47.9 Å². The first-order chi connectivity index (χ1) is 8.70. The van der Waals surface area contributed by atoms with Gasteiger partial charge in [-0.25, -0.2) is 0 Å². The van der Waals surface area contributed by atoms with E-state index in [2.05, 4.69) is 0 Å². The molecule has 0 amide bonds. The van der Waals surface area contributed by atoms with Crippen LogP contribution in [-0.4, -0.2) is 30.5 Å². The Balaban J connectivity index is 1.92. The van der Waals surface area contributed by atoms with Crippen molar-refractivity contribution in [1.29, 1.82) is 0 Å². The van der Waals surface area contributed by atoms with E-state index in [1.165, 1.54) is 6.26 Å². The van der Waals surface area contributed by atoms with Gasteiger partial charge in [-0.3, -0.25) is 0 Å². The molecule has 4 heteroatoms. The predicted molar refractivity (Wildman–Crippen MR) is 67.3 cm³/mol. The SMILES string of the molecule is COc1ccc(COC2C(O)C=COC2C)cc1. The summed E-state index contributed by atoms with van der Waals surface area (Å²) in [5.41, 5.74) is 1.03. The maximum Gasteiger partial charge on any atom is 0.124 e. The molecular weight excluding hydrogens is 232 g/mol. The standard InChI is InChI=1S/C14H18O4/c1-10-14(13(15)7-8-17-10)18-9-11-3-5-12(16-2)6-4-11/h3-8,10,13-15H,9H2,1-2H3. The summed E-state index contributed by atoms with van der Waals surface area (Å²) in [4.78, 5) is 0. The Morgan fingerprint density at radius 2 is 2.00 bits per heavy atom. The first-order valence-electron chi connectivity index (χ1n) is 5.95. The van der Waals surface area contributed by atoms with Gasteiger partial charge in [0, 0.05) is 0 Å². The number of aliphatic hydroxyl groups is 1. The van der Waals surface area contributed by atoms with Crippen LogP contribution in [0, 0.1) is 0 Å². The second-order valence-corrected chi connectivity index (χ2v) is 4.28. The van der Waals surface area contributed by atoms with Crippen molar-refractivity contribution in [3.8, 4) is 5.75 Å². The minimum atomic E-state index is -0.619. The number of benzene rings is 1. The molecule has 1 aliphatic heterocycles. The number of hydrogen-bond donors (Lipinski definition) is 1. The first kappa shape index (κ1) is 12.9. The molecule has 3 atom stereocenters. The van der Waals surface area contributed by atoms with Crippen molar-refractivity contribution in [3.05, 3.63) is 42.2 Å². The maximum atomic E-state index is 9.79. The molecule has 0 saturated heterocycles. The molecule has 0 saturated carbocycles. The van der Waals surface area contributed by atoms with Crippen molar-refractivity contribution < 1.29 is 19.3 Å². The molecule has 1 N–H and O–H groups in total. The molecule has 0 spiro atoms. The molecule has 1 aliphatic rings. The molecule has 0 radical (unpaired) electrons. The third-order valence-corrected chi connectivity index (χ3v) is 2.97. The Hall–Kier alpha value is -1.52. The summed E-state index contributed by atoms with van der Waals surface area (Å²) in [7, 11) is 1.63. The van der Waals surface area contributed by atoms with Crippen LogP contribution < -0.4 is 4.74 Å². The Morgan fingerprint density at radius 3 is 2.61 bits per heavy atom. The number of aliphatic hydroxyl groups excluding tert-OH is 1. The van der Waals surface area contributed by atoms with Gasteiger partial charge in [-0.15, -0.1) is 0 Å². The quantitative estimate of drug-likeness (QED) is 0.886. The van der Waals surface area contributed by atoms with Gasteiger partial charge in [0.15, 0.2) is 0 Å². The van der Waals surface area contributed by atoms with E-state index in [4.69, 9.17) is 14.2 Å². The fourth-order valence-electron chi connectivity index (χ4n) is 1.86. The normalized spacial score (nSPS) is 26.7. The van der Waals surface area contributed by atoms with Gasteiger partial charge in [0.05, 0.1) is 20.0 Å². The number of ether oxygens (including phenoxy) is 3. The van der Waals surface area contributed by atoms with Gasteiger partial charge in [-0.05, 0) is 30.7 Å². The smallest absolute Gasteiger partial charge is 0.124 e. The molecule has 0 aromatic heterocycles. The highest BCUT2D eigenvalue weighted by Crippen LogP contribution is 2.18. The van der Waals surface area contributed by atoms with Gasteiger partial charge in [-0.1, -0.05) is 12.1 Å². The van der Waals surface area contributed by atoms with Crippen molar-refractivity contribution >= 4 is 0 Å². The van der Waals surface area contributed by atoms with Gasteiger partial charge in [0.2, 0.25) is 0 Å². The molecule has 2 rings (SSSR count). The van der Waals surface area contributed by atoms with Crippen LogP contribution in [0.1, 0.15) is 12.5 Å². The minimum absolute atomic E-state index is 0.150. The average Bonchev–Trinajstić information content (AvgIpc) is 2.39. The molecule has 1 heterocycles. The van der Waals surface area contributed by atoms with Crippen LogP contribution in [0.3, 0.4) is 0 Å². The van der Waals surface area contributed by atoms with Gasteiger partial charge in [0.25, 0.3) is 0 Å². The van der Waals surface area contributed by atoms with E-state index in [0.717, 1.165) is 11.3 Å². The van der Waals surface area contributed by atoms with Gasteiger partial charge in [0.1, 0.15) is 24.1 Å². The summed E-state index contributed by atoms with van der Waals surface area (Å²) in [6.07, 6.45) is 2.01. The van der Waals surface area contributed by atoms with E-state index in [1.54, 1.807) is 13.2 Å². The third kappa shape index (κ3) is 3.03. The second-order valence-electron chi connectivity index (χ2n) is 4.28. The average molecular weight is 250 g/mol. The summed E-state index contributed by atoms with van der Waals surface area (Å²) in [5, 5.41) is 9.79. The van der Waals surface area contributed by atoms with Crippen LogP contribution in [0.15, 0.2) is 36.6 Å². The Bertz CT molecular complexity index is 399. The highest BCUT2D eigenvalue weighted by atomic mass is 16.5. The maximum absolute atomic E-state index is 9.79. The van der Waals surface area contributed by atoms with Crippen molar-refractivity contribution in [2.24, 2.45) is 0 Å². The Labute approximate surface area is 107 Å². The molecule has 1 aromatic rings. The number of methoxy groups -OCH3 is 1. The van der Waals surface area contributed by atoms with Crippen LogP contribution in [0.2, 0.25) is 0 Å².